The summed E-state index contributed by atoms with van der Waals surface area (Å²) in [4.78, 5) is 16.4. The van der Waals surface area contributed by atoms with Gasteiger partial charge in [0.2, 0.25) is 0 Å². The van der Waals surface area contributed by atoms with Gasteiger partial charge in [0.05, 0.1) is 0 Å². The molecule has 24 heavy (non-hydrogen) atoms. The van der Waals surface area contributed by atoms with Crippen LogP contribution < -0.4 is 0 Å². The molecule has 0 aliphatic carbocycles. The molecule has 0 bridgehead atoms. The predicted molar refractivity (Wildman–Crippen MR) is 98.0 cm³/mol. The fraction of sp³-hybridized carbons (Fsp3) is 0.650. The van der Waals surface area contributed by atoms with Crippen LogP contribution in [0, 0.1) is 12.8 Å². The second kappa shape index (κ2) is 8.02. The van der Waals surface area contributed by atoms with Gasteiger partial charge in [-0.25, -0.2) is 4.79 Å². The number of piperidine rings is 1. The van der Waals surface area contributed by atoms with E-state index in [9.17, 15) is 4.79 Å². The highest BCUT2D eigenvalue weighted by Crippen LogP contribution is 2.20. The Morgan fingerprint density at radius 1 is 1.29 bits per heavy atom. The third kappa shape index (κ3) is 6.16. The number of hydrogen-bond acceptors (Lipinski definition) is 3. The summed E-state index contributed by atoms with van der Waals surface area (Å²) >= 11 is 0. The van der Waals surface area contributed by atoms with Crippen LogP contribution >= 0.6 is 0 Å². The molecule has 1 aliphatic rings. The van der Waals surface area contributed by atoms with Gasteiger partial charge in [-0.1, -0.05) is 29.8 Å². The number of carbonyl (C=O) groups is 1. The number of carbonyl (C=O) groups excluding carboxylic acids is 1. The predicted octanol–water partition coefficient (Wildman–Crippen LogP) is 4.07. The van der Waals surface area contributed by atoms with E-state index in [0.717, 1.165) is 26.2 Å². The highest BCUT2D eigenvalue weighted by atomic mass is 16.6. The molecule has 4 nitrogen and oxygen atoms in total. The number of aryl methyl sites for hydroxylation is 1. The highest BCUT2D eigenvalue weighted by molar-refractivity contribution is 5.67. The van der Waals surface area contributed by atoms with E-state index in [0.29, 0.717) is 5.92 Å². The van der Waals surface area contributed by atoms with E-state index in [1.54, 1.807) is 4.90 Å². The molecule has 1 amide bonds. The molecule has 4 heteroatoms. The lowest BCUT2D eigenvalue weighted by atomic mass is 9.97. The molecule has 0 aromatic heterocycles. The SMILES string of the molecule is Cc1ccc(CN2CCCC(CN(C)C(=O)OC(C)(C)C)C2)cc1. The number of likely N-dealkylation sites (tertiary alicyclic amines) is 1. The summed E-state index contributed by atoms with van der Waals surface area (Å²) in [7, 11) is 1.84. The van der Waals surface area contributed by atoms with Crippen LogP contribution in [0.5, 0.6) is 0 Å². The summed E-state index contributed by atoms with van der Waals surface area (Å²) in [6, 6.07) is 8.78. The lowest BCUT2D eigenvalue weighted by molar-refractivity contribution is 0.0241. The van der Waals surface area contributed by atoms with Gasteiger partial charge >= 0.3 is 6.09 Å². The lowest BCUT2D eigenvalue weighted by Gasteiger charge is -2.35. The van der Waals surface area contributed by atoms with Crippen LogP contribution in [0.15, 0.2) is 24.3 Å². The quantitative estimate of drug-likeness (QED) is 0.833. The van der Waals surface area contributed by atoms with Crippen molar-refractivity contribution in [3.63, 3.8) is 0 Å². The molecule has 1 heterocycles. The van der Waals surface area contributed by atoms with Gasteiger partial charge < -0.3 is 9.64 Å². The van der Waals surface area contributed by atoms with Crippen molar-refractivity contribution >= 4 is 6.09 Å². The third-order valence-electron chi connectivity index (χ3n) is 4.37. The first-order valence-electron chi connectivity index (χ1n) is 8.95. The van der Waals surface area contributed by atoms with Gasteiger partial charge in [0.1, 0.15) is 5.60 Å². The van der Waals surface area contributed by atoms with Gasteiger partial charge in [0.15, 0.2) is 0 Å². The van der Waals surface area contributed by atoms with Gasteiger partial charge in [0.25, 0.3) is 0 Å². The Morgan fingerprint density at radius 3 is 2.58 bits per heavy atom. The van der Waals surface area contributed by atoms with E-state index in [1.807, 2.05) is 27.8 Å². The van der Waals surface area contributed by atoms with Crippen molar-refractivity contribution in [1.82, 2.24) is 9.80 Å². The molecule has 1 unspecified atom stereocenters. The van der Waals surface area contributed by atoms with Crippen LogP contribution in [-0.4, -0.2) is 48.2 Å². The van der Waals surface area contributed by atoms with Gasteiger partial charge in [-0.05, 0) is 58.6 Å². The number of rotatable bonds is 4. The summed E-state index contributed by atoms with van der Waals surface area (Å²) in [5.41, 5.74) is 2.23. The molecule has 0 saturated carbocycles. The Hall–Kier alpha value is -1.55. The average molecular weight is 332 g/mol. The van der Waals surface area contributed by atoms with E-state index in [-0.39, 0.29) is 6.09 Å². The van der Waals surface area contributed by atoms with Crippen molar-refractivity contribution in [3.8, 4) is 0 Å². The van der Waals surface area contributed by atoms with Crippen LogP contribution in [0.4, 0.5) is 4.79 Å². The fourth-order valence-electron chi connectivity index (χ4n) is 3.20. The minimum atomic E-state index is -0.435. The van der Waals surface area contributed by atoms with Gasteiger partial charge in [-0.15, -0.1) is 0 Å². The van der Waals surface area contributed by atoms with Crippen LogP contribution in [-0.2, 0) is 11.3 Å². The zero-order valence-electron chi connectivity index (χ0n) is 15.8. The highest BCUT2D eigenvalue weighted by Gasteiger charge is 2.25. The molecule has 0 spiro atoms. The Labute approximate surface area is 146 Å². The normalized spacial score (nSPS) is 19.1. The van der Waals surface area contributed by atoms with Crippen LogP contribution in [0.3, 0.4) is 0 Å². The van der Waals surface area contributed by atoms with E-state index in [1.165, 1.54) is 24.0 Å². The Kier molecular flexibility index (Phi) is 6.27. The fourth-order valence-corrected chi connectivity index (χ4v) is 3.20. The van der Waals surface area contributed by atoms with E-state index in [2.05, 4.69) is 36.1 Å². The second-order valence-corrected chi connectivity index (χ2v) is 8.09. The number of amides is 1. The molecular weight excluding hydrogens is 300 g/mol. The molecule has 2 rings (SSSR count). The maximum absolute atomic E-state index is 12.1. The summed E-state index contributed by atoms with van der Waals surface area (Å²) < 4.78 is 5.45. The maximum Gasteiger partial charge on any atom is 0.410 e. The van der Waals surface area contributed by atoms with Crippen molar-refractivity contribution in [2.24, 2.45) is 5.92 Å². The number of hydrogen-bond donors (Lipinski definition) is 0. The minimum Gasteiger partial charge on any atom is -0.444 e. The summed E-state index contributed by atoms with van der Waals surface area (Å²) in [6.07, 6.45) is 2.15. The second-order valence-electron chi connectivity index (χ2n) is 8.09. The molecular formula is C20H32N2O2. The molecule has 0 N–H and O–H groups in total. The third-order valence-corrected chi connectivity index (χ3v) is 4.37. The minimum absolute atomic E-state index is 0.224. The van der Waals surface area contributed by atoms with Gasteiger partial charge in [-0.2, -0.15) is 0 Å². The molecule has 1 aliphatic heterocycles. The maximum atomic E-state index is 12.1. The summed E-state index contributed by atoms with van der Waals surface area (Å²) in [6.45, 7) is 11.8. The first kappa shape index (κ1) is 18.8. The van der Waals surface area contributed by atoms with Gasteiger partial charge in [0, 0.05) is 26.7 Å². The monoisotopic (exact) mass is 332 g/mol. The van der Waals surface area contributed by atoms with E-state index in [4.69, 9.17) is 4.74 Å². The first-order chi connectivity index (χ1) is 11.2. The summed E-state index contributed by atoms with van der Waals surface area (Å²) in [5.74, 6) is 0.515. The van der Waals surface area contributed by atoms with E-state index < -0.39 is 5.60 Å². The first-order valence-corrected chi connectivity index (χ1v) is 8.95. The number of ether oxygens (including phenoxy) is 1. The molecule has 1 saturated heterocycles. The van der Waals surface area contributed by atoms with Gasteiger partial charge in [-0.3, -0.25) is 4.90 Å². The van der Waals surface area contributed by atoms with Crippen molar-refractivity contribution < 1.29 is 9.53 Å². The molecule has 1 aromatic carbocycles. The van der Waals surface area contributed by atoms with Crippen LogP contribution in [0.1, 0.15) is 44.7 Å². The molecule has 1 fully saturated rings. The molecule has 1 aromatic rings. The number of nitrogens with zero attached hydrogens (tertiary/aromatic N) is 2. The average Bonchev–Trinajstić information content (AvgIpc) is 2.48. The Balaban J connectivity index is 1.84. The van der Waals surface area contributed by atoms with E-state index >= 15 is 0 Å². The standard InChI is InChI=1S/C20H32N2O2/c1-16-8-10-17(11-9-16)14-22-12-6-7-18(15-22)13-21(5)19(23)24-20(2,3)4/h8-11,18H,6-7,12-15H2,1-5H3. The van der Waals surface area contributed by atoms with Crippen LogP contribution in [0.2, 0.25) is 0 Å². The molecule has 1 atom stereocenters. The zero-order valence-corrected chi connectivity index (χ0v) is 15.8. The van der Waals surface area contributed by atoms with Crippen LogP contribution in [0.25, 0.3) is 0 Å². The molecule has 0 radical (unpaired) electrons. The Morgan fingerprint density at radius 2 is 1.96 bits per heavy atom. The van der Waals surface area contributed by atoms with Crippen molar-refractivity contribution in [2.45, 2.75) is 52.7 Å². The summed E-state index contributed by atoms with van der Waals surface area (Å²) in [5, 5.41) is 0. The van der Waals surface area contributed by atoms with Crippen molar-refractivity contribution in [1.29, 1.82) is 0 Å². The Bertz CT molecular complexity index is 534. The zero-order chi connectivity index (χ0) is 17.7. The largest absolute Gasteiger partial charge is 0.444 e. The smallest absolute Gasteiger partial charge is 0.410 e. The topological polar surface area (TPSA) is 32.8 Å². The van der Waals surface area contributed by atoms with Crippen molar-refractivity contribution in [3.05, 3.63) is 35.4 Å². The number of benzene rings is 1. The molecule has 134 valence electrons. The lowest BCUT2D eigenvalue weighted by Crippen LogP contribution is -2.42. The van der Waals surface area contributed by atoms with Crippen molar-refractivity contribution in [2.75, 3.05) is 26.7 Å².